The van der Waals surface area contributed by atoms with E-state index in [4.69, 9.17) is 5.73 Å². The van der Waals surface area contributed by atoms with Crippen LogP contribution in [0.15, 0.2) is 12.3 Å². The molecule has 98 valence electrons. The fraction of sp³-hybridized carbons (Fsp3) is 0.583. The lowest BCUT2D eigenvalue weighted by Crippen LogP contribution is -2.44. The summed E-state index contributed by atoms with van der Waals surface area (Å²) in [7, 11) is 0. The molecule has 0 aromatic carbocycles. The van der Waals surface area contributed by atoms with Crippen LogP contribution in [-0.4, -0.2) is 22.0 Å². The fourth-order valence-electron chi connectivity index (χ4n) is 2.14. The first-order chi connectivity index (χ1) is 8.46. The number of nitrogens with two attached hydrogens (primary N) is 1. The van der Waals surface area contributed by atoms with Gasteiger partial charge in [-0.1, -0.05) is 0 Å². The van der Waals surface area contributed by atoms with Gasteiger partial charge in [0.05, 0.1) is 10.5 Å². The summed E-state index contributed by atoms with van der Waals surface area (Å²) in [4.78, 5) is 14.4. The van der Waals surface area contributed by atoms with Gasteiger partial charge in [-0.15, -0.1) is 0 Å². The number of nitro groups is 1. The molecule has 0 amide bonds. The Hall–Kier alpha value is -1.69. The molecule has 0 radical (unpaired) electrons. The zero-order chi connectivity index (χ0) is 13.3. The SMILES string of the molecule is Cc1cc(NC(C)(CN)C2CC2)ncc1[N+](=O)[O-]. The third-order valence-corrected chi connectivity index (χ3v) is 3.60. The number of aromatic nitrogens is 1. The maximum absolute atomic E-state index is 10.7. The zero-order valence-corrected chi connectivity index (χ0v) is 10.6. The van der Waals surface area contributed by atoms with Gasteiger partial charge in [-0.05, 0) is 38.7 Å². The second-order valence-corrected chi connectivity index (χ2v) is 5.13. The van der Waals surface area contributed by atoms with E-state index in [2.05, 4.69) is 17.2 Å². The minimum Gasteiger partial charge on any atom is -0.363 e. The maximum Gasteiger partial charge on any atom is 0.290 e. The summed E-state index contributed by atoms with van der Waals surface area (Å²) in [5.74, 6) is 1.22. The molecule has 18 heavy (non-hydrogen) atoms. The van der Waals surface area contributed by atoms with Crippen LogP contribution in [-0.2, 0) is 0 Å². The molecular weight excluding hydrogens is 232 g/mol. The van der Waals surface area contributed by atoms with E-state index >= 15 is 0 Å². The molecule has 0 bridgehead atoms. The van der Waals surface area contributed by atoms with Crippen molar-refractivity contribution >= 4 is 11.5 Å². The van der Waals surface area contributed by atoms with Gasteiger partial charge in [-0.25, -0.2) is 4.98 Å². The Morgan fingerprint density at radius 3 is 2.78 bits per heavy atom. The van der Waals surface area contributed by atoms with Crippen molar-refractivity contribution in [1.82, 2.24) is 4.98 Å². The van der Waals surface area contributed by atoms with E-state index < -0.39 is 4.92 Å². The van der Waals surface area contributed by atoms with Gasteiger partial charge in [0, 0.05) is 12.1 Å². The van der Waals surface area contributed by atoms with E-state index in [1.807, 2.05) is 0 Å². The molecule has 1 unspecified atom stereocenters. The molecule has 1 aliphatic rings. The van der Waals surface area contributed by atoms with Crippen molar-refractivity contribution in [3.8, 4) is 0 Å². The molecule has 0 aliphatic heterocycles. The third-order valence-electron chi connectivity index (χ3n) is 3.60. The molecule has 1 aromatic rings. The van der Waals surface area contributed by atoms with Crippen molar-refractivity contribution in [2.45, 2.75) is 32.2 Å². The summed E-state index contributed by atoms with van der Waals surface area (Å²) in [5, 5.41) is 14.0. The minimum atomic E-state index is -0.421. The fourth-order valence-corrected chi connectivity index (χ4v) is 2.14. The Bertz CT molecular complexity index is 473. The highest BCUT2D eigenvalue weighted by molar-refractivity contribution is 5.48. The molecular formula is C12H18N4O2. The van der Waals surface area contributed by atoms with Gasteiger partial charge in [0.15, 0.2) is 0 Å². The zero-order valence-electron chi connectivity index (χ0n) is 10.6. The Morgan fingerprint density at radius 1 is 1.67 bits per heavy atom. The first-order valence-electron chi connectivity index (χ1n) is 6.05. The normalized spacial score (nSPS) is 18.2. The molecule has 1 fully saturated rings. The molecule has 1 atom stereocenters. The number of hydrogen-bond donors (Lipinski definition) is 2. The second-order valence-electron chi connectivity index (χ2n) is 5.13. The van der Waals surface area contributed by atoms with Crippen LogP contribution in [0.25, 0.3) is 0 Å². The number of hydrogen-bond acceptors (Lipinski definition) is 5. The quantitative estimate of drug-likeness (QED) is 0.614. The number of pyridine rings is 1. The van der Waals surface area contributed by atoms with Crippen molar-refractivity contribution in [2.75, 3.05) is 11.9 Å². The van der Waals surface area contributed by atoms with E-state index in [0.29, 0.717) is 23.8 Å². The predicted octanol–water partition coefficient (Wildman–Crippen LogP) is 1.84. The Labute approximate surface area is 106 Å². The summed E-state index contributed by atoms with van der Waals surface area (Å²) in [6.45, 7) is 4.31. The smallest absolute Gasteiger partial charge is 0.290 e. The van der Waals surface area contributed by atoms with Crippen LogP contribution in [0, 0.1) is 23.0 Å². The van der Waals surface area contributed by atoms with E-state index in [1.165, 1.54) is 19.0 Å². The molecule has 0 spiro atoms. The van der Waals surface area contributed by atoms with Gasteiger partial charge in [0.25, 0.3) is 5.69 Å². The third kappa shape index (κ3) is 2.43. The molecule has 0 saturated heterocycles. The Kier molecular flexibility index (Phi) is 3.21. The summed E-state index contributed by atoms with van der Waals surface area (Å²) in [5.41, 5.74) is 6.29. The Morgan fingerprint density at radius 2 is 2.33 bits per heavy atom. The number of aryl methyl sites for hydroxylation is 1. The van der Waals surface area contributed by atoms with E-state index in [0.717, 1.165) is 0 Å². The first-order valence-corrected chi connectivity index (χ1v) is 6.05. The van der Waals surface area contributed by atoms with Gasteiger partial charge in [-0.3, -0.25) is 10.1 Å². The highest BCUT2D eigenvalue weighted by Gasteiger charge is 2.40. The van der Waals surface area contributed by atoms with Crippen LogP contribution >= 0.6 is 0 Å². The topological polar surface area (TPSA) is 94.1 Å². The number of nitrogens with one attached hydrogen (secondary N) is 1. The average Bonchev–Trinajstić information content (AvgIpc) is 3.12. The van der Waals surface area contributed by atoms with Crippen LogP contribution < -0.4 is 11.1 Å². The lowest BCUT2D eigenvalue weighted by atomic mass is 9.96. The average molecular weight is 250 g/mol. The minimum absolute atomic E-state index is 0.0430. The lowest BCUT2D eigenvalue weighted by molar-refractivity contribution is -0.385. The largest absolute Gasteiger partial charge is 0.363 e. The summed E-state index contributed by atoms with van der Waals surface area (Å²) >= 11 is 0. The molecule has 3 N–H and O–H groups in total. The highest BCUT2D eigenvalue weighted by Crippen LogP contribution is 2.40. The first kappa shape index (κ1) is 12.8. The summed E-state index contributed by atoms with van der Waals surface area (Å²) < 4.78 is 0. The van der Waals surface area contributed by atoms with Crippen molar-refractivity contribution in [3.63, 3.8) is 0 Å². The summed E-state index contributed by atoms with van der Waals surface area (Å²) in [6, 6.07) is 1.70. The molecule has 1 saturated carbocycles. The van der Waals surface area contributed by atoms with Crippen molar-refractivity contribution in [3.05, 3.63) is 27.9 Å². The van der Waals surface area contributed by atoms with Gasteiger partial charge in [-0.2, -0.15) is 0 Å². The van der Waals surface area contributed by atoms with Gasteiger partial charge >= 0.3 is 0 Å². The number of nitrogens with zero attached hydrogens (tertiary/aromatic N) is 2. The van der Waals surface area contributed by atoms with Gasteiger partial charge in [0.1, 0.15) is 12.0 Å². The summed E-state index contributed by atoms with van der Waals surface area (Å²) in [6.07, 6.45) is 3.64. The van der Waals surface area contributed by atoms with E-state index in [9.17, 15) is 10.1 Å². The Balaban J connectivity index is 2.19. The van der Waals surface area contributed by atoms with Crippen LogP contribution in [0.2, 0.25) is 0 Å². The number of anilines is 1. The molecule has 2 rings (SSSR count). The van der Waals surface area contributed by atoms with Crippen LogP contribution in [0.5, 0.6) is 0 Å². The van der Waals surface area contributed by atoms with Crippen molar-refractivity contribution in [1.29, 1.82) is 0 Å². The van der Waals surface area contributed by atoms with E-state index in [-0.39, 0.29) is 11.2 Å². The van der Waals surface area contributed by atoms with E-state index in [1.54, 1.807) is 13.0 Å². The standard InChI is InChI=1S/C12H18N4O2/c1-8-5-11(14-6-10(8)16(17)18)15-12(2,7-13)9-3-4-9/h5-6,9H,3-4,7,13H2,1-2H3,(H,14,15). The van der Waals surface area contributed by atoms with Crippen LogP contribution in [0.4, 0.5) is 11.5 Å². The number of rotatable bonds is 5. The maximum atomic E-state index is 10.7. The lowest BCUT2D eigenvalue weighted by Gasteiger charge is -2.30. The predicted molar refractivity (Wildman–Crippen MR) is 69.4 cm³/mol. The van der Waals surface area contributed by atoms with Crippen molar-refractivity contribution < 1.29 is 4.92 Å². The van der Waals surface area contributed by atoms with Gasteiger partial charge in [0.2, 0.25) is 0 Å². The van der Waals surface area contributed by atoms with Gasteiger partial charge < -0.3 is 11.1 Å². The molecule has 6 nitrogen and oxygen atoms in total. The monoisotopic (exact) mass is 250 g/mol. The van der Waals surface area contributed by atoms with Crippen LogP contribution in [0.3, 0.4) is 0 Å². The van der Waals surface area contributed by atoms with Crippen LogP contribution in [0.1, 0.15) is 25.3 Å². The molecule has 1 aromatic heterocycles. The molecule has 1 heterocycles. The van der Waals surface area contributed by atoms with Crippen molar-refractivity contribution in [2.24, 2.45) is 11.7 Å². The molecule has 6 heteroatoms. The second kappa shape index (κ2) is 4.53. The molecule has 1 aliphatic carbocycles. The highest BCUT2D eigenvalue weighted by atomic mass is 16.6.